The van der Waals surface area contributed by atoms with Crippen molar-refractivity contribution >= 4 is 36.4 Å². The average Bonchev–Trinajstić information content (AvgIpc) is 3.12. The van der Waals surface area contributed by atoms with Crippen LogP contribution < -0.4 is 5.73 Å². The van der Waals surface area contributed by atoms with Gasteiger partial charge in [0.2, 0.25) is 5.91 Å². The number of likely N-dealkylation sites (tertiary alicyclic amines) is 1. The van der Waals surface area contributed by atoms with E-state index in [4.69, 9.17) is 10.5 Å². The molecule has 2 fully saturated rings. The number of hydrogen-bond donors (Lipinski definition) is 1. The number of fused-ring (bicyclic) bond motifs is 1. The highest BCUT2D eigenvalue weighted by Crippen LogP contribution is 2.28. The zero-order valence-corrected chi connectivity index (χ0v) is 16.8. The topological polar surface area (TPSA) is 85.8 Å². The van der Waals surface area contributed by atoms with E-state index in [0.717, 1.165) is 50.2 Å². The summed E-state index contributed by atoms with van der Waals surface area (Å²) in [5.41, 5.74) is 7.13. The molecule has 27 heavy (non-hydrogen) atoms. The number of ether oxygens (including phenoxy) is 1. The first-order valence-electron chi connectivity index (χ1n) is 9.16. The van der Waals surface area contributed by atoms with Crippen LogP contribution in [0.2, 0.25) is 0 Å². The summed E-state index contributed by atoms with van der Waals surface area (Å²) < 4.78 is 7.42. The third-order valence-corrected chi connectivity index (χ3v) is 5.57. The number of halogens is 2. The second kappa shape index (κ2) is 9.68. The molecule has 4 heterocycles. The third kappa shape index (κ3) is 4.54. The molecule has 2 aromatic heterocycles. The van der Waals surface area contributed by atoms with Gasteiger partial charge in [-0.25, -0.2) is 0 Å². The number of nitrogens with two attached hydrogens (primary N) is 1. The zero-order chi connectivity index (χ0) is 17.2. The minimum atomic E-state index is -0.394. The van der Waals surface area contributed by atoms with E-state index in [1.807, 2.05) is 29.3 Å². The normalized spacial score (nSPS) is 20.0. The lowest BCUT2D eigenvalue weighted by Crippen LogP contribution is -2.51. The van der Waals surface area contributed by atoms with Crippen molar-refractivity contribution in [1.82, 2.24) is 19.5 Å². The van der Waals surface area contributed by atoms with Crippen molar-refractivity contribution in [2.24, 2.45) is 11.7 Å². The highest BCUT2D eigenvalue weighted by atomic mass is 35.5. The number of nitrogens with zero attached hydrogens (tertiary/aromatic N) is 4. The first-order chi connectivity index (χ1) is 12.2. The van der Waals surface area contributed by atoms with Gasteiger partial charge in [-0.15, -0.1) is 35.0 Å². The molecule has 2 saturated heterocycles. The van der Waals surface area contributed by atoms with Crippen LogP contribution in [0.1, 0.15) is 37.4 Å². The van der Waals surface area contributed by atoms with E-state index in [1.165, 1.54) is 0 Å². The monoisotopic (exact) mass is 415 g/mol. The van der Waals surface area contributed by atoms with E-state index in [1.54, 1.807) is 0 Å². The largest absolute Gasteiger partial charge is 0.381 e. The Bertz CT molecular complexity index is 742. The molecule has 150 valence electrons. The molecule has 0 spiro atoms. The molecule has 2 aliphatic rings. The Hall–Kier alpha value is -1.41. The van der Waals surface area contributed by atoms with Crippen molar-refractivity contribution in [2.75, 3.05) is 26.3 Å². The van der Waals surface area contributed by atoms with Gasteiger partial charge in [0, 0.05) is 38.4 Å². The van der Waals surface area contributed by atoms with Crippen molar-refractivity contribution < 1.29 is 9.53 Å². The van der Waals surface area contributed by atoms with Gasteiger partial charge in [-0.2, -0.15) is 0 Å². The van der Waals surface area contributed by atoms with Crippen LogP contribution in [-0.2, 0) is 9.53 Å². The summed E-state index contributed by atoms with van der Waals surface area (Å²) in [4.78, 5) is 14.7. The summed E-state index contributed by atoms with van der Waals surface area (Å²) in [5.74, 6) is 1.67. The lowest BCUT2D eigenvalue weighted by Gasteiger charge is -2.35. The zero-order valence-electron chi connectivity index (χ0n) is 15.2. The van der Waals surface area contributed by atoms with Gasteiger partial charge in [0.25, 0.3) is 0 Å². The molecule has 0 saturated carbocycles. The van der Waals surface area contributed by atoms with Gasteiger partial charge < -0.3 is 15.4 Å². The van der Waals surface area contributed by atoms with Gasteiger partial charge in [0.1, 0.15) is 5.82 Å². The fourth-order valence-electron chi connectivity index (χ4n) is 3.98. The van der Waals surface area contributed by atoms with E-state index >= 15 is 0 Å². The maximum Gasteiger partial charge on any atom is 0.239 e. The molecule has 7 nitrogen and oxygen atoms in total. The van der Waals surface area contributed by atoms with Crippen molar-refractivity contribution in [1.29, 1.82) is 0 Å². The van der Waals surface area contributed by atoms with Gasteiger partial charge in [0.05, 0.1) is 6.04 Å². The van der Waals surface area contributed by atoms with Crippen LogP contribution in [-0.4, -0.2) is 57.8 Å². The Balaban J connectivity index is 0.00000131. The summed E-state index contributed by atoms with van der Waals surface area (Å²) in [6.07, 6.45) is 5.58. The molecule has 0 aromatic carbocycles. The number of carbonyl (C=O) groups is 1. The van der Waals surface area contributed by atoms with E-state index in [9.17, 15) is 4.79 Å². The Labute approximate surface area is 171 Å². The van der Waals surface area contributed by atoms with Crippen molar-refractivity contribution in [3.8, 4) is 0 Å². The highest BCUT2D eigenvalue weighted by molar-refractivity contribution is 5.85. The molecular weight excluding hydrogens is 389 g/mol. The second-order valence-electron chi connectivity index (χ2n) is 7.06. The van der Waals surface area contributed by atoms with Gasteiger partial charge in [-0.3, -0.25) is 9.20 Å². The van der Waals surface area contributed by atoms with Crippen molar-refractivity contribution in [3.05, 3.63) is 30.2 Å². The number of carbonyl (C=O) groups excluding carboxylic acids is 1. The molecule has 0 aliphatic carbocycles. The lowest BCUT2D eigenvalue weighted by molar-refractivity contribution is -0.135. The van der Waals surface area contributed by atoms with E-state index in [-0.39, 0.29) is 36.6 Å². The predicted octanol–water partition coefficient (Wildman–Crippen LogP) is 2.03. The number of amides is 1. The molecule has 4 rings (SSSR count). The van der Waals surface area contributed by atoms with E-state index < -0.39 is 6.04 Å². The summed E-state index contributed by atoms with van der Waals surface area (Å²) >= 11 is 0. The average molecular weight is 416 g/mol. The minimum Gasteiger partial charge on any atom is -0.381 e. The summed E-state index contributed by atoms with van der Waals surface area (Å²) in [5, 5.41) is 8.61. The van der Waals surface area contributed by atoms with Gasteiger partial charge in [-0.1, -0.05) is 6.07 Å². The van der Waals surface area contributed by atoms with Crippen LogP contribution in [0.25, 0.3) is 5.65 Å². The number of hydrogen-bond acceptors (Lipinski definition) is 5. The fourth-order valence-corrected chi connectivity index (χ4v) is 3.98. The maximum absolute atomic E-state index is 12.7. The van der Waals surface area contributed by atoms with Crippen LogP contribution in [0.15, 0.2) is 24.4 Å². The third-order valence-electron chi connectivity index (χ3n) is 5.57. The summed E-state index contributed by atoms with van der Waals surface area (Å²) in [6.45, 7) is 2.91. The summed E-state index contributed by atoms with van der Waals surface area (Å²) in [7, 11) is 0. The van der Waals surface area contributed by atoms with Crippen LogP contribution in [0.4, 0.5) is 0 Å². The van der Waals surface area contributed by atoms with Crippen molar-refractivity contribution in [2.45, 2.75) is 37.6 Å². The maximum atomic E-state index is 12.7. The lowest BCUT2D eigenvalue weighted by atomic mass is 9.90. The number of rotatable bonds is 3. The SMILES string of the molecule is Cl.Cl.NC(C(=O)N1CCC(c2nnc3ccccn23)CC1)C1CCOCC1. The summed E-state index contributed by atoms with van der Waals surface area (Å²) in [6, 6.07) is 5.52. The molecule has 2 aromatic rings. The number of piperidine rings is 1. The Morgan fingerprint density at radius 3 is 2.52 bits per heavy atom. The molecule has 0 bridgehead atoms. The standard InChI is InChI=1S/C18H25N5O2.2ClH/c19-16(13-6-11-25-12-7-13)18(24)22-9-4-14(5-10-22)17-21-20-15-3-1-2-8-23(15)17;;/h1-3,8,13-14,16H,4-7,9-12,19H2;2*1H. The minimum absolute atomic E-state index is 0. The second-order valence-corrected chi connectivity index (χ2v) is 7.06. The first-order valence-corrected chi connectivity index (χ1v) is 9.16. The molecule has 2 N–H and O–H groups in total. The van der Waals surface area contributed by atoms with Crippen LogP contribution in [0, 0.1) is 5.92 Å². The number of aromatic nitrogens is 3. The Morgan fingerprint density at radius 1 is 1.11 bits per heavy atom. The van der Waals surface area contributed by atoms with Crippen LogP contribution >= 0.6 is 24.8 Å². The van der Waals surface area contributed by atoms with Crippen LogP contribution in [0.3, 0.4) is 0 Å². The first kappa shape index (κ1) is 21.9. The molecule has 0 radical (unpaired) electrons. The smallest absolute Gasteiger partial charge is 0.239 e. The molecule has 1 unspecified atom stereocenters. The van der Waals surface area contributed by atoms with Gasteiger partial charge in [0.15, 0.2) is 5.65 Å². The number of pyridine rings is 1. The molecule has 1 amide bonds. The van der Waals surface area contributed by atoms with E-state index in [2.05, 4.69) is 14.6 Å². The van der Waals surface area contributed by atoms with Crippen molar-refractivity contribution in [3.63, 3.8) is 0 Å². The molecule has 9 heteroatoms. The van der Waals surface area contributed by atoms with Crippen LogP contribution in [0.5, 0.6) is 0 Å². The molecule has 2 aliphatic heterocycles. The van der Waals surface area contributed by atoms with E-state index in [0.29, 0.717) is 19.1 Å². The Kier molecular flexibility index (Phi) is 7.85. The fraction of sp³-hybridized carbons (Fsp3) is 0.611. The molecule has 1 atom stereocenters. The highest BCUT2D eigenvalue weighted by Gasteiger charge is 2.33. The molecular formula is C18H27Cl2N5O2. The van der Waals surface area contributed by atoms with Gasteiger partial charge in [-0.05, 0) is 43.7 Å². The Morgan fingerprint density at radius 2 is 1.81 bits per heavy atom. The van der Waals surface area contributed by atoms with Gasteiger partial charge >= 0.3 is 0 Å². The quantitative estimate of drug-likeness (QED) is 0.828. The predicted molar refractivity (Wildman–Crippen MR) is 108 cm³/mol.